The Balaban J connectivity index is 1.62. The Hall–Kier alpha value is -4.30. The van der Waals surface area contributed by atoms with Crippen LogP contribution < -0.4 is 10.2 Å². The number of hydrogen-bond donors (Lipinski definition) is 1. The Morgan fingerprint density at radius 3 is 2.51 bits per heavy atom. The highest BCUT2D eigenvalue weighted by Gasteiger charge is 2.17. The molecule has 7 nitrogen and oxygen atoms in total. The number of hydrogen-bond acceptors (Lipinski definition) is 7. The van der Waals surface area contributed by atoms with Gasteiger partial charge in [0.2, 0.25) is 5.13 Å². The van der Waals surface area contributed by atoms with Gasteiger partial charge in [-0.2, -0.15) is 5.10 Å². The lowest BCUT2D eigenvalue weighted by molar-refractivity contribution is -0.384. The summed E-state index contributed by atoms with van der Waals surface area (Å²) in [6.07, 6.45) is 3.41. The molecule has 0 aliphatic rings. The van der Waals surface area contributed by atoms with E-state index < -0.39 is 4.92 Å². The smallest absolute Gasteiger partial charge is 0.269 e. The van der Waals surface area contributed by atoms with Crippen LogP contribution in [-0.4, -0.2) is 22.7 Å². The van der Waals surface area contributed by atoms with Gasteiger partial charge in [0.25, 0.3) is 5.69 Å². The van der Waals surface area contributed by atoms with E-state index in [2.05, 4.69) is 49.2 Å². The van der Waals surface area contributed by atoms with Crippen molar-refractivity contribution in [1.29, 1.82) is 0 Å². The zero-order chi connectivity index (χ0) is 24.8. The molecule has 1 N–H and O–H groups in total. The maximum absolute atomic E-state index is 11.1. The Morgan fingerprint density at radius 2 is 1.86 bits per heavy atom. The quantitative estimate of drug-likeness (QED) is 0.119. The largest absolute Gasteiger partial charge is 0.490 e. The monoisotopic (exact) mass is 484 g/mol. The van der Waals surface area contributed by atoms with Gasteiger partial charge in [0, 0.05) is 17.7 Å². The molecule has 0 unspecified atom stereocenters. The average Bonchev–Trinajstić information content (AvgIpc) is 3.27. The molecule has 0 aliphatic heterocycles. The minimum atomic E-state index is -0.401. The summed E-state index contributed by atoms with van der Waals surface area (Å²) in [6.45, 7) is 8.20. The van der Waals surface area contributed by atoms with Crippen molar-refractivity contribution in [2.24, 2.45) is 5.10 Å². The maximum atomic E-state index is 11.1. The van der Waals surface area contributed by atoms with Gasteiger partial charge in [0.15, 0.2) is 0 Å². The number of benzene rings is 3. The van der Waals surface area contributed by atoms with Gasteiger partial charge in [0.1, 0.15) is 12.4 Å². The zero-order valence-corrected chi connectivity index (χ0v) is 20.2. The molecule has 0 radical (unpaired) electrons. The molecule has 0 atom stereocenters. The van der Waals surface area contributed by atoms with Crippen LogP contribution in [0.5, 0.6) is 5.75 Å². The highest BCUT2D eigenvalue weighted by Crippen LogP contribution is 2.40. The minimum Gasteiger partial charge on any atom is -0.490 e. The van der Waals surface area contributed by atoms with Crippen LogP contribution in [-0.2, 0) is 0 Å². The van der Waals surface area contributed by atoms with Crippen molar-refractivity contribution in [1.82, 2.24) is 4.98 Å². The van der Waals surface area contributed by atoms with E-state index in [1.54, 1.807) is 24.4 Å². The number of nitro benzene ring substituents is 1. The van der Waals surface area contributed by atoms with Crippen LogP contribution in [0.4, 0.5) is 10.8 Å². The molecule has 0 spiro atoms. The van der Waals surface area contributed by atoms with Crippen molar-refractivity contribution >= 4 is 28.4 Å². The molecule has 0 bridgehead atoms. The number of aryl methyl sites for hydroxylation is 2. The molecule has 4 rings (SSSR count). The molecule has 3 aromatic carbocycles. The second-order valence-corrected chi connectivity index (χ2v) is 8.86. The minimum absolute atomic E-state index is 0.0511. The third-order valence-corrected chi connectivity index (χ3v) is 6.24. The van der Waals surface area contributed by atoms with Crippen molar-refractivity contribution in [3.8, 4) is 27.4 Å². The maximum Gasteiger partial charge on any atom is 0.269 e. The SMILES string of the molecule is C=CCOc1ccc(/C=N\Nc2nc(-c3ccc(C)cc3C)c(-c3ccc([N+](=O)[O-])cc3)s2)cc1. The van der Waals surface area contributed by atoms with Crippen LogP contribution in [0.2, 0.25) is 0 Å². The van der Waals surface area contributed by atoms with Crippen LogP contribution in [0.1, 0.15) is 16.7 Å². The van der Waals surface area contributed by atoms with E-state index in [9.17, 15) is 10.1 Å². The van der Waals surface area contributed by atoms with Crippen LogP contribution in [0.25, 0.3) is 21.7 Å². The van der Waals surface area contributed by atoms with Crippen molar-refractivity contribution < 1.29 is 9.66 Å². The summed E-state index contributed by atoms with van der Waals surface area (Å²) in [6, 6.07) is 20.3. The van der Waals surface area contributed by atoms with E-state index in [1.165, 1.54) is 29.0 Å². The molecule has 1 aromatic heterocycles. The fraction of sp³-hybridized carbons (Fsp3) is 0.111. The summed E-state index contributed by atoms with van der Waals surface area (Å²) < 4.78 is 5.50. The van der Waals surface area contributed by atoms with Gasteiger partial charge >= 0.3 is 0 Å². The molecule has 176 valence electrons. The first-order chi connectivity index (χ1) is 16.9. The summed E-state index contributed by atoms with van der Waals surface area (Å²) in [4.78, 5) is 16.4. The van der Waals surface area contributed by atoms with Crippen LogP contribution in [0, 0.1) is 24.0 Å². The predicted molar refractivity (Wildman–Crippen MR) is 142 cm³/mol. The first kappa shape index (κ1) is 23.8. The fourth-order valence-corrected chi connectivity index (χ4v) is 4.46. The second-order valence-electron chi connectivity index (χ2n) is 7.86. The van der Waals surface area contributed by atoms with Gasteiger partial charge < -0.3 is 4.74 Å². The number of non-ortho nitro benzene ring substituents is 1. The van der Waals surface area contributed by atoms with Gasteiger partial charge in [-0.25, -0.2) is 4.98 Å². The first-order valence-corrected chi connectivity index (χ1v) is 11.7. The molecule has 1 heterocycles. The van der Waals surface area contributed by atoms with E-state index in [-0.39, 0.29) is 5.69 Å². The summed E-state index contributed by atoms with van der Waals surface area (Å²) in [7, 11) is 0. The predicted octanol–water partition coefficient (Wildman–Crippen LogP) is 7.01. The number of anilines is 1. The number of nitrogens with zero attached hydrogens (tertiary/aromatic N) is 3. The van der Waals surface area contributed by atoms with E-state index >= 15 is 0 Å². The van der Waals surface area contributed by atoms with E-state index in [0.29, 0.717) is 11.7 Å². The number of rotatable bonds is 9. The number of thiazole rings is 1. The molecule has 0 saturated heterocycles. The summed E-state index contributed by atoms with van der Waals surface area (Å²) in [5, 5.41) is 16.0. The molecule has 0 fully saturated rings. The van der Waals surface area contributed by atoms with Gasteiger partial charge in [-0.15, -0.1) is 0 Å². The van der Waals surface area contributed by atoms with Crippen LogP contribution in [0.3, 0.4) is 0 Å². The third-order valence-electron chi connectivity index (χ3n) is 5.23. The molecule has 0 saturated carbocycles. The van der Waals surface area contributed by atoms with Crippen molar-refractivity contribution in [3.63, 3.8) is 0 Å². The fourth-order valence-electron chi connectivity index (χ4n) is 3.53. The normalized spacial score (nSPS) is 10.9. The lowest BCUT2D eigenvalue weighted by Gasteiger charge is -2.07. The van der Waals surface area contributed by atoms with Gasteiger partial charge in [-0.1, -0.05) is 47.8 Å². The average molecular weight is 485 g/mol. The highest BCUT2D eigenvalue weighted by atomic mass is 32.1. The third kappa shape index (κ3) is 5.80. The Kier molecular flexibility index (Phi) is 7.32. The van der Waals surface area contributed by atoms with Gasteiger partial charge in [-0.3, -0.25) is 15.5 Å². The van der Waals surface area contributed by atoms with Crippen LogP contribution >= 0.6 is 11.3 Å². The van der Waals surface area contributed by atoms with E-state index in [0.717, 1.165) is 38.6 Å². The number of nitrogens with one attached hydrogen (secondary N) is 1. The summed E-state index contributed by atoms with van der Waals surface area (Å²) in [5.41, 5.74) is 8.93. The number of ether oxygens (including phenoxy) is 1. The highest BCUT2D eigenvalue weighted by molar-refractivity contribution is 7.19. The molecular weight excluding hydrogens is 460 g/mol. The summed E-state index contributed by atoms with van der Waals surface area (Å²) >= 11 is 1.45. The Bertz CT molecular complexity index is 1380. The zero-order valence-electron chi connectivity index (χ0n) is 19.4. The van der Waals surface area contributed by atoms with Crippen molar-refractivity contribution in [2.75, 3.05) is 12.0 Å². The Labute approximate surface area is 207 Å². The topological polar surface area (TPSA) is 89.7 Å². The van der Waals surface area contributed by atoms with Crippen molar-refractivity contribution in [3.05, 3.63) is 106 Å². The van der Waals surface area contributed by atoms with Crippen LogP contribution in [0.15, 0.2) is 84.5 Å². The van der Waals surface area contributed by atoms with Gasteiger partial charge in [-0.05, 0) is 66.9 Å². The molecule has 0 amide bonds. The molecule has 4 aromatic rings. The lowest BCUT2D eigenvalue weighted by atomic mass is 10.0. The molecule has 0 aliphatic carbocycles. The summed E-state index contributed by atoms with van der Waals surface area (Å²) in [5.74, 6) is 0.765. The Morgan fingerprint density at radius 1 is 1.11 bits per heavy atom. The molecular formula is C27H24N4O3S. The number of aromatic nitrogens is 1. The number of hydrazone groups is 1. The van der Waals surface area contributed by atoms with E-state index in [4.69, 9.17) is 9.72 Å². The molecule has 8 heteroatoms. The number of nitro groups is 1. The first-order valence-electron chi connectivity index (χ1n) is 10.9. The lowest BCUT2D eigenvalue weighted by Crippen LogP contribution is -1.93. The van der Waals surface area contributed by atoms with E-state index in [1.807, 2.05) is 24.3 Å². The van der Waals surface area contributed by atoms with Gasteiger partial charge in [0.05, 0.1) is 21.7 Å². The molecule has 35 heavy (non-hydrogen) atoms. The van der Waals surface area contributed by atoms with Crippen molar-refractivity contribution in [2.45, 2.75) is 13.8 Å². The standard InChI is InChI=1S/C27H24N4O3S/c1-4-15-34-23-12-6-20(7-13-23)17-28-30-27-29-25(24-14-5-18(2)16-19(24)3)26(35-27)21-8-10-22(11-9-21)31(32)33/h4-14,16-17H,1,15H2,2-3H3,(H,29,30)/b28-17-. The second kappa shape index (κ2) is 10.8.